The Morgan fingerprint density at radius 3 is 2.47 bits per heavy atom. The second-order valence-corrected chi connectivity index (χ2v) is 4.09. The first-order valence-electron chi connectivity index (χ1n) is 5.99. The van der Waals surface area contributed by atoms with Gasteiger partial charge < -0.3 is 9.47 Å². The Labute approximate surface area is 103 Å². The molecule has 3 heteroatoms. The van der Waals surface area contributed by atoms with Crippen LogP contribution in [-0.4, -0.2) is 18.2 Å². The van der Waals surface area contributed by atoms with E-state index in [0.29, 0.717) is 6.61 Å². The molecule has 0 radical (unpaired) electrons. The first-order valence-corrected chi connectivity index (χ1v) is 5.99. The van der Waals surface area contributed by atoms with E-state index in [0.717, 1.165) is 12.0 Å². The third kappa shape index (κ3) is 5.00. The number of hydrogen-bond acceptors (Lipinski definition) is 3. The summed E-state index contributed by atoms with van der Waals surface area (Å²) in [5, 5.41) is 0. The Balaban J connectivity index is 2.34. The number of rotatable bonds is 6. The van der Waals surface area contributed by atoms with Gasteiger partial charge in [-0.2, -0.15) is 0 Å². The molecule has 0 aromatic heterocycles. The SMILES string of the molecule is CCC(C)OC(=O)C(C)OCc1ccccc1. The largest absolute Gasteiger partial charge is 0.461 e. The highest BCUT2D eigenvalue weighted by molar-refractivity contribution is 5.74. The van der Waals surface area contributed by atoms with Gasteiger partial charge in [-0.1, -0.05) is 37.3 Å². The Bertz CT molecular complexity index is 335. The summed E-state index contributed by atoms with van der Waals surface area (Å²) in [6.45, 7) is 6.00. The van der Waals surface area contributed by atoms with E-state index in [-0.39, 0.29) is 12.1 Å². The fraction of sp³-hybridized carbons (Fsp3) is 0.500. The van der Waals surface area contributed by atoms with E-state index in [1.165, 1.54) is 0 Å². The van der Waals surface area contributed by atoms with Crippen LogP contribution in [0, 0.1) is 0 Å². The molecular formula is C14H20O3. The predicted octanol–water partition coefficient (Wildman–Crippen LogP) is 2.93. The maximum atomic E-state index is 11.6. The topological polar surface area (TPSA) is 35.5 Å². The van der Waals surface area contributed by atoms with E-state index in [2.05, 4.69) is 0 Å². The summed E-state index contributed by atoms with van der Waals surface area (Å²) in [5.41, 5.74) is 1.05. The molecule has 1 rings (SSSR count). The zero-order chi connectivity index (χ0) is 12.7. The molecule has 1 aromatic rings. The Hall–Kier alpha value is -1.35. The first kappa shape index (κ1) is 13.7. The highest BCUT2D eigenvalue weighted by atomic mass is 16.6. The normalized spacial score (nSPS) is 14.1. The van der Waals surface area contributed by atoms with Gasteiger partial charge in [0.2, 0.25) is 0 Å². The van der Waals surface area contributed by atoms with Crippen LogP contribution < -0.4 is 0 Å². The van der Waals surface area contributed by atoms with E-state index in [9.17, 15) is 4.79 Å². The molecule has 1 aromatic carbocycles. The third-order valence-electron chi connectivity index (χ3n) is 2.57. The lowest BCUT2D eigenvalue weighted by molar-refractivity contribution is -0.161. The Morgan fingerprint density at radius 1 is 1.24 bits per heavy atom. The van der Waals surface area contributed by atoms with Crippen molar-refractivity contribution in [1.82, 2.24) is 0 Å². The van der Waals surface area contributed by atoms with Gasteiger partial charge in [-0.3, -0.25) is 0 Å². The number of esters is 1. The maximum absolute atomic E-state index is 11.6. The van der Waals surface area contributed by atoms with Crippen LogP contribution >= 0.6 is 0 Å². The first-order chi connectivity index (χ1) is 8.13. The summed E-state index contributed by atoms with van der Waals surface area (Å²) >= 11 is 0. The molecule has 2 unspecified atom stereocenters. The molecule has 0 bridgehead atoms. The minimum absolute atomic E-state index is 0.0507. The zero-order valence-corrected chi connectivity index (χ0v) is 10.7. The second-order valence-electron chi connectivity index (χ2n) is 4.09. The fourth-order valence-electron chi connectivity index (χ4n) is 1.24. The van der Waals surface area contributed by atoms with Crippen molar-refractivity contribution < 1.29 is 14.3 Å². The number of benzene rings is 1. The van der Waals surface area contributed by atoms with Crippen molar-refractivity contribution in [3.05, 3.63) is 35.9 Å². The van der Waals surface area contributed by atoms with Gasteiger partial charge in [0.1, 0.15) is 0 Å². The van der Waals surface area contributed by atoms with Crippen molar-refractivity contribution in [3.8, 4) is 0 Å². The number of carbonyl (C=O) groups is 1. The molecule has 0 aliphatic heterocycles. The summed E-state index contributed by atoms with van der Waals surface area (Å²) in [6, 6.07) is 9.77. The molecule has 0 saturated carbocycles. The van der Waals surface area contributed by atoms with Gasteiger partial charge in [0, 0.05) is 0 Å². The number of hydrogen-bond donors (Lipinski definition) is 0. The molecule has 0 fully saturated rings. The molecule has 2 atom stereocenters. The van der Waals surface area contributed by atoms with Crippen molar-refractivity contribution in [2.24, 2.45) is 0 Å². The van der Waals surface area contributed by atoms with Crippen molar-refractivity contribution in [2.45, 2.75) is 46.0 Å². The summed E-state index contributed by atoms with van der Waals surface area (Å²) in [6.07, 6.45) is 0.242. The predicted molar refractivity (Wildman–Crippen MR) is 66.5 cm³/mol. The molecule has 0 spiro atoms. The van der Waals surface area contributed by atoms with Gasteiger partial charge in [0.15, 0.2) is 6.10 Å². The summed E-state index contributed by atoms with van der Waals surface area (Å²) < 4.78 is 10.6. The zero-order valence-electron chi connectivity index (χ0n) is 10.7. The lowest BCUT2D eigenvalue weighted by atomic mass is 10.2. The standard InChI is InChI=1S/C14H20O3/c1-4-11(2)17-14(15)12(3)16-10-13-8-6-5-7-9-13/h5-9,11-12H,4,10H2,1-3H3. The molecule has 0 aliphatic carbocycles. The van der Waals surface area contributed by atoms with Gasteiger partial charge in [0.05, 0.1) is 12.7 Å². The van der Waals surface area contributed by atoms with Crippen LogP contribution in [0.2, 0.25) is 0 Å². The average Bonchev–Trinajstić information content (AvgIpc) is 2.36. The molecular weight excluding hydrogens is 216 g/mol. The molecule has 3 nitrogen and oxygen atoms in total. The minimum atomic E-state index is -0.524. The van der Waals surface area contributed by atoms with Crippen molar-refractivity contribution in [2.75, 3.05) is 0 Å². The monoisotopic (exact) mass is 236 g/mol. The molecule has 0 aliphatic rings. The highest BCUT2D eigenvalue weighted by Crippen LogP contribution is 2.06. The number of carbonyl (C=O) groups excluding carboxylic acids is 1. The van der Waals surface area contributed by atoms with Crippen molar-refractivity contribution in [3.63, 3.8) is 0 Å². The van der Waals surface area contributed by atoms with E-state index >= 15 is 0 Å². The van der Waals surface area contributed by atoms with Gasteiger partial charge in [-0.15, -0.1) is 0 Å². The van der Waals surface area contributed by atoms with Crippen LogP contribution in [0.3, 0.4) is 0 Å². The number of ether oxygens (including phenoxy) is 2. The van der Waals surface area contributed by atoms with Crippen LogP contribution in [-0.2, 0) is 20.9 Å². The van der Waals surface area contributed by atoms with Gasteiger partial charge in [-0.05, 0) is 25.8 Å². The van der Waals surface area contributed by atoms with Gasteiger partial charge in [-0.25, -0.2) is 4.79 Å². The lowest BCUT2D eigenvalue weighted by Gasteiger charge is -2.16. The second kappa shape index (κ2) is 7.07. The van der Waals surface area contributed by atoms with Crippen LogP contribution in [0.1, 0.15) is 32.8 Å². The summed E-state index contributed by atoms with van der Waals surface area (Å²) in [7, 11) is 0. The van der Waals surface area contributed by atoms with Crippen LogP contribution in [0.4, 0.5) is 0 Å². The van der Waals surface area contributed by atoms with Crippen molar-refractivity contribution in [1.29, 1.82) is 0 Å². The molecule has 17 heavy (non-hydrogen) atoms. The molecule has 94 valence electrons. The summed E-state index contributed by atoms with van der Waals surface area (Å²) in [5.74, 6) is -0.296. The minimum Gasteiger partial charge on any atom is -0.461 e. The Morgan fingerprint density at radius 2 is 1.88 bits per heavy atom. The molecule has 0 N–H and O–H groups in total. The molecule has 0 heterocycles. The third-order valence-corrected chi connectivity index (χ3v) is 2.57. The van der Waals surface area contributed by atoms with Crippen LogP contribution in [0.5, 0.6) is 0 Å². The Kier molecular flexibility index (Phi) is 5.70. The van der Waals surface area contributed by atoms with E-state index in [1.54, 1.807) is 6.92 Å². The van der Waals surface area contributed by atoms with E-state index in [4.69, 9.17) is 9.47 Å². The molecule has 0 saturated heterocycles. The quantitative estimate of drug-likeness (QED) is 0.712. The van der Waals surface area contributed by atoms with Gasteiger partial charge in [0.25, 0.3) is 0 Å². The lowest BCUT2D eigenvalue weighted by Crippen LogP contribution is -2.26. The maximum Gasteiger partial charge on any atom is 0.335 e. The average molecular weight is 236 g/mol. The molecule has 0 amide bonds. The van der Waals surface area contributed by atoms with Crippen molar-refractivity contribution >= 4 is 5.97 Å². The highest BCUT2D eigenvalue weighted by Gasteiger charge is 2.17. The van der Waals surface area contributed by atoms with Gasteiger partial charge >= 0.3 is 5.97 Å². The smallest absolute Gasteiger partial charge is 0.335 e. The fourth-order valence-corrected chi connectivity index (χ4v) is 1.24. The summed E-state index contributed by atoms with van der Waals surface area (Å²) in [4.78, 5) is 11.6. The van der Waals surface area contributed by atoms with E-state index < -0.39 is 6.10 Å². The van der Waals surface area contributed by atoms with E-state index in [1.807, 2.05) is 44.2 Å². The van der Waals surface area contributed by atoms with Crippen LogP contribution in [0.25, 0.3) is 0 Å². The van der Waals surface area contributed by atoms with Crippen LogP contribution in [0.15, 0.2) is 30.3 Å².